The number of hydrogen-bond acceptors (Lipinski definition) is 8. The van der Waals surface area contributed by atoms with Crippen molar-refractivity contribution in [2.24, 2.45) is 0 Å². The molecule has 8 heteroatoms. The Balaban J connectivity index is 0.722. The van der Waals surface area contributed by atoms with Crippen molar-refractivity contribution < 1.29 is 0 Å². The minimum absolute atomic E-state index is 0.377. The van der Waals surface area contributed by atoms with Crippen LogP contribution in [0.1, 0.15) is 36.8 Å². The second kappa shape index (κ2) is 24.4. The smallest absolute Gasteiger partial charge is 0.241 e. The highest BCUT2D eigenvalue weighted by molar-refractivity contribution is 5.79. The van der Waals surface area contributed by atoms with Crippen molar-refractivity contribution in [2.45, 2.75) is 38.5 Å². The first kappa shape index (κ1) is 50.6. The van der Waals surface area contributed by atoms with Gasteiger partial charge in [-0.3, -0.25) is 0 Å². The Morgan fingerprint density at radius 1 is 0.200 bits per heavy atom. The minimum Gasteiger partial charge on any atom is -0.311 e. The summed E-state index contributed by atoms with van der Waals surface area (Å²) in [5, 5.41) is 0. The van der Waals surface area contributed by atoms with Crippen LogP contribution in [0.2, 0.25) is 0 Å². The second-order valence-corrected chi connectivity index (χ2v) is 19.8. The average molecular weight is 1040 g/mol. The number of hydrogen-bond donors (Lipinski definition) is 0. The predicted octanol–water partition coefficient (Wildman–Crippen LogP) is 18.3. The van der Waals surface area contributed by atoms with Gasteiger partial charge < -0.3 is 4.90 Å². The minimum atomic E-state index is 0.377. The van der Waals surface area contributed by atoms with Crippen molar-refractivity contribution in [1.29, 1.82) is 0 Å². The first-order valence-corrected chi connectivity index (χ1v) is 27.5. The third kappa shape index (κ3) is 12.0. The van der Waals surface area contributed by atoms with Gasteiger partial charge in [-0.15, -0.1) is 0 Å². The van der Waals surface area contributed by atoms with E-state index >= 15 is 0 Å². The molecule has 80 heavy (non-hydrogen) atoms. The zero-order valence-electron chi connectivity index (χ0n) is 44.4. The summed E-state index contributed by atoms with van der Waals surface area (Å²) >= 11 is 0. The van der Waals surface area contributed by atoms with Crippen LogP contribution in [0.15, 0.2) is 279 Å². The molecule has 2 aromatic heterocycles. The largest absolute Gasteiger partial charge is 0.311 e. The molecule has 0 saturated carbocycles. The number of para-hydroxylation sites is 2. The molecule has 0 saturated heterocycles. The fourth-order valence-electron chi connectivity index (χ4n) is 10.1. The van der Waals surface area contributed by atoms with Gasteiger partial charge >= 0.3 is 0 Å². The molecule has 0 spiro atoms. The number of aromatic nitrogens is 6. The van der Waals surface area contributed by atoms with Gasteiger partial charge in [0.25, 0.3) is 0 Å². The first-order chi connectivity index (χ1) is 39.6. The fourth-order valence-corrected chi connectivity index (χ4v) is 10.1. The number of aryl methyl sites for hydroxylation is 2. The van der Waals surface area contributed by atoms with Crippen molar-refractivity contribution in [1.82, 2.24) is 29.9 Å². The summed E-state index contributed by atoms with van der Waals surface area (Å²) in [6.45, 7) is 0. The zero-order chi connectivity index (χ0) is 53.7. The SMILES string of the molecule is c1ccc(-c2nc(-c3ccccc3)nc(N(c3ccc(-c4ccc(CCCCCCc5ccc(-c6ccc(N(c7ccccc7)c7ccccc7)cc6)cc5)cc4)cc3)c3nc(-c4ccccc4)nc(-c4ccccc4)n3)n2)cc1. The third-order valence-corrected chi connectivity index (χ3v) is 14.3. The van der Waals surface area contributed by atoms with Gasteiger partial charge in [-0.05, 0) is 108 Å². The molecule has 0 aliphatic rings. The maximum Gasteiger partial charge on any atom is 0.241 e. The molecule has 12 rings (SSSR count). The lowest BCUT2D eigenvalue weighted by Gasteiger charge is -2.25. The van der Waals surface area contributed by atoms with Crippen molar-refractivity contribution in [3.8, 4) is 67.8 Å². The van der Waals surface area contributed by atoms with Gasteiger partial charge in [0.1, 0.15) is 0 Å². The summed E-state index contributed by atoms with van der Waals surface area (Å²) in [5.41, 5.74) is 15.1. The van der Waals surface area contributed by atoms with Gasteiger partial charge in [-0.25, -0.2) is 14.9 Å². The van der Waals surface area contributed by atoms with Gasteiger partial charge in [-0.2, -0.15) is 19.9 Å². The van der Waals surface area contributed by atoms with Gasteiger partial charge in [0.15, 0.2) is 23.3 Å². The number of benzene rings is 10. The van der Waals surface area contributed by atoms with Crippen molar-refractivity contribution >= 4 is 34.6 Å². The Labute approximate surface area is 468 Å². The summed E-state index contributed by atoms with van der Waals surface area (Å²) < 4.78 is 0. The molecule has 10 aromatic carbocycles. The number of rotatable bonds is 19. The highest BCUT2D eigenvalue weighted by Crippen LogP contribution is 2.38. The molecule has 0 aliphatic carbocycles. The summed E-state index contributed by atoms with van der Waals surface area (Å²) in [4.78, 5) is 34.9. The van der Waals surface area contributed by atoms with Crippen LogP contribution in [0.25, 0.3) is 67.8 Å². The van der Waals surface area contributed by atoms with Crippen LogP contribution in [-0.2, 0) is 12.8 Å². The van der Waals surface area contributed by atoms with Crippen LogP contribution in [0.5, 0.6) is 0 Å². The molecule has 0 atom stereocenters. The second-order valence-electron chi connectivity index (χ2n) is 19.8. The maximum absolute atomic E-state index is 5.17. The quantitative estimate of drug-likeness (QED) is 0.0741. The Morgan fingerprint density at radius 2 is 0.450 bits per heavy atom. The summed E-state index contributed by atoms with van der Waals surface area (Å²) in [7, 11) is 0. The lowest BCUT2D eigenvalue weighted by Crippen LogP contribution is -2.19. The van der Waals surface area contributed by atoms with E-state index in [9.17, 15) is 0 Å². The molecule has 0 aliphatic heterocycles. The fraction of sp³-hybridized carbons (Fsp3) is 0.0833. The normalized spacial score (nSPS) is 11.1. The zero-order valence-corrected chi connectivity index (χ0v) is 44.4. The van der Waals surface area contributed by atoms with Crippen molar-refractivity contribution in [3.63, 3.8) is 0 Å². The molecule has 0 N–H and O–H groups in total. The summed E-state index contributed by atoms with van der Waals surface area (Å²) in [6.07, 6.45) is 6.90. The Kier molecular flexibility index (Phi) is 15.5. The number of anilines is 6. The molecular weight excluding hydrogens is 977 g/mol. The van der Waals surface area contributed by atoms with Crippen molar-refractivity contribution in [3.05, 3.63) is 290 Å². The van der Waals surface area contributed by atoms with Gasteiger partial charge in [-0.1, -0.05) is 243 Å². The molecule has 0 fully saturated rings. The summed E-state index contributed by atoms with van der Waals surface area (Å²) in [5.74, 6) is 2.89. The number of unbranched alkanes of at least 4 members (excludes halogenated alkanes) is 3. The van der Waals surface area contributed by atoms with Crippen LogP contribution >= 0.6 is 0 Å². The molecule has 8 nitrogen and oxygen atoms in total. The van der Waals surface area contributed by atoms with Crippen LogP contribution < -0.4 is 9.80 Å². The van der Waals surface area contributed by atoms with E-state index in [-0.39, 0.29) is 0 Å². The standard InChI is InChI=1S/C72H58N8/c1(9-23-53-37-41-55(42-38-53)57-45-49-65(50-46-57)79(63-33-19-7-20-34-63)64-35-21-8-22-36-64)2-10-24-54-39-43-56(44-40-54)58-47-51-66(52-48-58)80(71-75-67(59-25-11-3-12-26-59)73-68(76-71)60-27-13-4-14-28-60)72-77-69(61-29-15-5-16-30-61)74-70(78-72)62-31-17-6-18-32-62/h3-8,11-22,25-52H,1-2,9-10,23-24H2. The van der Waals surface area contributed by atoms with E-state index in [4.69, 9.17) is 29.9 Å². The molecule has 12 aromatic rings. The predicted molar refractivity (Wildman–Crippen MR) is 328 cm³/mol. The van der Waals surface area contributed by atoms with Gasteiger partial charge in [0.2, 0.25) is 11.9 Å². The Hall–Kier alpha value is -10.2. The van der Waals surface area contributed by atoms with Crippen LogP contribution in [0, 0.1) is 0 Å². The van der Waals surface area contributed by atoms with Crippen LogP contribution in [0.4, 0.5) is 34.6 Å². The third-order valence-electron chi connectivity index (χ3n) is 14.3. The van der Waals surface area contributed by atoms with E-state index in [1.807, 2.05) is 126 Å². The molecule has 0 bridgehead atoms. The Bertz CT molecular complexity index is 3610. The van der Waals surface area contributed by atoms with E-state index in [2.05, 4.69) is 163 Å². The lowest BCUT2D eigenvalue weighted by molar-refractivity contribution is 0.640. The summed E-state index contributed by atoms with van der Waals surface area (Å²) in [6, 6.07) is 96.6. The van der Waals surface area contributed by atoms with E-state index < -0.39 is 0 Å². The highest BCUT2D eigenvalue weighted by Gasteiger charge is 2.24. The molecule has 2 heterocycles. The first-order valence-electron chi connectivity index (χ1n) is 27.5. The van der Waals surface area contributed by atoms with E-state index in [0.29, 0.717) is 35.2 Å². The van der Waals surface area contributed by atoms with Gasteiger partial charge in [0, 0.05) is 39.3 Å². The van der Waals surface area contributed by atoms with E-state index in [0.717, 1.165) is 75.4 Å². The van der Waals surface area contributed by atoms with Gasteiger partial charge in [0.05, 0.1) is 5.69 Å². The molecular formula is C72H58N8. The highest BCUT2D eigenvalue weighted by atomic mass is 15.4. The van der Waals surface area contributed by atoms with Crippen LogP contribution in [0.3, 0.4) is 0 Å². The lowest BCUT2D eigenvalue weighted by atomic mass is 9.99. The average Bonchev–Trinajstić information content (AvgIpc) is 3.56. The van der Waals surface area contributed by atoms with Crippen molar-refractivity contribution in [2.75, 3.05) is 9.80 Å². The van der Waals surface area contributed by atoms with E-state index in [1.165, 1.54) is 41.5 Å². The number of nitrogens with zero attached hydrogens (tertiary/aromatic N) is 8. The molecule has 0 radical (unpaired) electrons. The van der Waals surface area contributed by atoms with Crippen LogP contribution in [-0.4, -0.2) is 29.9 Å². The Morgan fingerprint density at radius 3 is 0.750 bits per heavy atom. The molecule has 0 unspecified atom stereocenters. The monoisotopic (exact) mass is 1030 g/mol. The molecule has 386 valence electrons. The topological polar surface area (TPSA) is 83.8 Å². The molecule has 0 amide bonds. The maximum atomic E-state index is 5.17. The van der Waals surface area contributed by atoms with E-state index in [1.54, 1.807) is 0 Å².